The number of halogens is 2. The molecule has 5 rings (SSSR count). The molecule has 0 radical (unpaired) electrons. The lowest BCUT2D eigenvalue weighted by Crippen LogP contribution is -2.52. The lowest BCUT2D eigenvalue weighted by molar-refractivity contribution is -0.136. The molecule has 12 heteroatoms. The van der Waals surface area contributed by atoms with Gasteiger partial charge in [-0.3, -0.25) is 19.7 Å². The third-order valence-corrected chi connectivity index (χ3v) is 9.19. The van der Waals surface area contributed by atoms with Crippen molar-refractivity contribution in [1.29, 1.82) is 0 Å². The van der Waals surface area contributed by atoms with Gasteiger partial charge in [0.15, 0.2) is 11.6 Å². The zero-order valence-corrected chi connectivity index (χ0v) is 20.8. The van der Waals surface area contributed by atoms with E-state index in [1.807, 2.05) is 0 Å². The summed E-state index contributed by atoms with van der Waals surface area (Å²) < 4.78 is 61.4. The monoisotopic (exact) mass is 533 g/mol. The number of hydrogen-bond donors (Lipinski definition) is 1. The highest BCUT2D eigenvalue weighted by Crippen LogP contribution is 2.36. The molecule has 0 aromatic heterocycles. The largest absolute Gasteiger partial charge is 0.494 e. The van der Waals surface area contributed by atoms with Crippen LogP contribution in [-0.4, -0.2) is 61.6 Å². The first-order valence-electron chi connectivity index (χ1n) is 11.9. The molecule has 37 heavy (non-hydrogen) atoms. The lowest BCUT2D eigenvalue weighted by atomic mass is 9.88. The van der Waals surface area contributed by atoms with Crippen LogP contribution in [0.15, 0.2) is 35.2 Å². The number of piperidine rings is 2. The van der Waals surface area contributed by atoms with Gasteiger partial charge >= 0.3 is 0 Å². The smallest absolute Gasteiger partial charge is 0.255 e. The standard InChI is InChI=1S/C25H25F2N3O6S/c1-36-22-4-2-16(11-20(22)27)37(34,35)29-8-6-14(7-9-29)17-10-15-13-30(25(33)18(15)12-19(17)26)21-3-5-23(31)28-24(21)32/h2,4,10-12,14,21H,3,5-9,13H2,1H3,(H,28,31,32). The zero-order valence-electron chi connectivity index (χ0n) is 20.0. The highest BCUT2D eigenvalue weighted by atomic mass is 32.2. The Morgan fingerprint density at radius 1 is 1.00 bits per heavy atom. The van der Waals surface area contributed by atoms with Crippen LogP contribution < -0.4 is 10.1 Å². The molecule has 2 aromatic rings. The number of methoxy groups -OCH3 is 1. The second kappa shape index (κ2) is 9.49. The molecule has 0 aliphatic carbocycles. The minimum Gasteiger partial charge on any atom is -0.494 e. The van der Waals surface area contributed by atoms with E-state index in [9.17, 15) is 27.2 Å². The van der Waals surface area contributed by atoms with Crippen LogP contribution in [0.5, 0.6) is 5.75 Å². The number of rotatable bonds is 5. The van der Waals surface area contributed by atoms with E-state index in [-0.39, 0.29) is 60.5 Å². The van der Waals surface area contributed by atoms with E-state index in [4.69, 9.17) is 4.74 Å². The molecule has 0 saturated carbocycles. The van der Waals surface area contributed by atoms with Gasteiger partial charge in [0.05, 0.1) is 12.0 Å². The van der Waals surface area contributed by atoms with Crippen molar-refractivity contribution in [2.24, 2.45) is 0 Å². The third kappa shape index (κ3) is 4.48. The Hall–Kier alpha value is -3.38. The molecule has 2 fully saturated rings. The number of ether oxygens (including phenoxy) is 1. The zero-order chi connectivity index (χ0) is 26.5. The topological polar surface area (TPSA) is 113 Å². The van der Waals surface area contributed by atoms with Crippen LogP contribution in [0.4, 0.5) is 8.78 Å². The van der Waals surface area contributed by atoms with Crippen LogP contribution in [0.2, 0.25) is 0 Å². The summed E-state index contributed by atoms with van der Waals surface area (Å²) in [6.07, 6.45) is 1.03. The van der Waals surface area contributed by atoms with Crippen LogP contribution in [0.3, 0.4) is 0 Å². The Morgan fingerprint density at radius 3 is 2.38 bits per heavy atom. The van der Waals surface area contributed by atoms with Crippen molar-refractivity contribution < 1.29 is 36.3 Å². The second-order valence-electron chi connectivity index (χ2n) is 9.41. The van der Waals surface area contributed by atoms with Crippen LogP contribution in [0, 0.1) is 11.6 Å². The van der Waals surface area contributed by atoms with E-state index in [1.165, 1.54) is 34.5 Å². The molecule has 3 aliphatic rings. The summed E-state index contributed by atoms with van der Waals surface area (Å²) in [6, 6.07) is 5.49. The normalized spacial score (nSPS) is 21.2. The van der Waals surface area contributed by atoms with E-state index < -0.39 is 39.5 Å². The van der Waals surface area contributed by atoms with Gasteiger partial charge < -0.3 is 9.64 Å². The molecular formula is C25H25F2N3O6S. The predicted molar refractivity (Wildman–Crippen MR) is 126 cm³/mol. The maximum atomic E-state index is 15.1. The Kier molecular flexibility index (Phi) is 6.48. The molecule has 0 spiro atoms. The first kappa shape index (κ1) is 25.3. The number of hydrogen-bond acceptors (Lipinski definition) is 6. The van der Waals surface area contributed by atoms with Gasteiger partial charge in [0, 0.05) is 31.6 Å². The van der Waals surface area contributed by atoms with Gasteiger partial charge in [-0.1, -0.05) is 6.07 Å². The number of benzene rings is 2. The van der Waals surface area contributed by atoms with Gasteiger partial charge in [-0.25, -0.2) is 17.2 Å². The van der Waals surface area contributed by atoms with Gasteiger partial charge in [-0.2, -0.15) is 4.31 Å². The molecule has 3 heterocycles. The van der Waals surface area contributed by atoms with E-state index in [2.05, 4.69) is 5.32 Å². The lowest BCUT2D eigenvalue weighted by Gasteiger charge is -2.31. The number of nitrogens with one attached hydrogen (secondary N) is 1. The number of sulfonamides is 1. The molecule has 1 unspecified atom stereocenters. The predicted octanol–water partition coefficient (Wildman–Crippen LogP) is 2.30. The Balaban J connectivity index is 1.30. The van der Waals surface area contributed by atoms with Gasteiger partial charge in [0.25, 0.3) is 5.91 Å². The number of carbonyl (C=O) groups excluding carboxylic acids is 3. The van der Waals surface area contributed by atoms with E-state index in [0.29, 0.717) is 24.0 Å². The fourth-order valence-corrected chi connectivity index (χ4v) is 6.77. The average molecular weight is 534 g/mol. The Bertz CT molecular complexity index is 1410. The SMILES string of the molecule is COc1ccc(S(=O)(=O)N2CCC(c3cc4c(cc3F)C(=O)N(C3CCC(=O)NC3=O)C4)CC2)cc1F. The number of amides is 3. The van der Waals surface area contributed by atoms with Crippen molar-refractivity contribution in [2.75, 3.05) is 20.2 Å². The maximum Gasteiger partial charge on any atom is 0.255 e. The molecule has 1 N–H and O–H groups in total. The first-order chi connectivity index (χ1) is 17.6. The minimum atomic E-state index is -3.94. The minimum absolute atomic E-state index is 0.0561. The summed E-state index contributed by atoms with van der Waals surface area (Å²) in [5.41, 5.74) is 1.17. The summed E-state index contributed by atoms with van der Waals surface area (Å²) in [5, 5.41) is 2.24. The number of nitrogens with zero attached hydrogens (tertiary/aromatic N) is 2. The molecule has 2 saturated heterocycles. The van der Waals surface area contributed by atoms with E-state index >= 15 is 4.39 Å². The van der Waals surface area contributed by atoms with Gasteiger partial charge in [-0.15, -0.1) is 0 Å². The van der Waals surface area contributed by atoms with Crippen LogP contribution in [0.25, 0.3) is 0 Å². The number of imide groups is 1. The van der Waals surface area contributed by atoms with Crippen molar-refractivity contribution in [2.45, 2.75) is 49.1 Å². The molecule has 9 nitrogen and oxygen atoms in total. The van der Waals surface area contributed by atoms with E-state index in [1.54, 1.807) is 6.07 Å². The second-order valence-corrected chi connectivity index (χ2v) is 11.3. The number of carbonyl (C=O) groups is 3. The molecule has 3 aliphatic heterocycles. The van der Waals surface area contributed by atoms with Crippen molar-refractivity contribution in [3.05, 3.63) is 58.7 Å². The molecule has 0 bridgehead atoms. The fourth-order valence-electron chi connectivity index (χ4n) is 5.28. The van der Waals surface area contributed by atoms with Crippen LogP contribution in [0.1, 0.15) is 53.1 Å². The quantitative estimate of drug-likeness (QED) is 0.591. The van der Waals surface area contributed by atoms with Crippen LogP contribution >= 0.6 is 0 Å². The number of fused-ring (bicyclic) bond motifs is 1. The van der Waals surface area contributed by atoms with Crippen molar-refractivity contribution >= 4 is 27.7 Å². The highest BCUT2D eigenvalue weighted by molar-refractivity contribution is 7.89. The summed E-state index contributed by atoms with van der Waals surface area (Å²) in [4.78, 5) is 37.8. The molecule has 3 amide bonds. The Labute approximate surface area is 212 Å². The summed E-state index contributed by atoms with van der Waals surface area (Å²) in [5.74, 6) is -3.05. The summed E-state index contributed by atoms with van der Waals surface area (Å²) in [6.45, 7) is 0.376. The molecule has 1 atom stereocenters. The van der Waals surface area contributed by atoms with Crippen LogP contribution in [-0.2, 0) is 26.2 Å². The summed E-state index contributed by atoms with van der Waals surface area (Å²) >= 11 is 0. The van der Waals surface area contributed by atoms with Gasteiger partial charge in [-0.05, 0) is 60.6 Å². The fraction of sp³-hybridized carbons (Fsp3) is 0.400. The third-order valence-electron chi connectivity index (χ3n) is 7.30. The average Bonchev–Trinajstić information content (AvgIpc) is 3.18. The molecular weight excluding hydrogens is 508 g/mol. The van der Waals surface area contributed by atoms with Gasteiger partial charge in [0.2, 0.25) is 21.8 Å². The first-order valence-corrected chi connectivity index (χ1v) is 13.3. The van der Waals surface area contributed by atoms with E-state index in [0.717, 1.165) is 6.07 Å². The summed E-state index contributed by atoms with van der Waals surface area (Å²) in [7, 11) is -2.65. The highest BCUT2D eigenvalue weighted by Gasteiger charge is 2.40. The Morgan fingerprint density at radius 2 is 1.73 bits per heavy atom. The maximum absolute atomic E-state index is 15.1. The molecule has 196 valence electrons. The molecule has 2 aromatic carbocycles. The van der Waals surface area contributed by atoms with Gasteiger partial charge in [0.1, 0.15) is 11.9 Å². The van der Waals surface area contributed by atoms with Crippen molar-refractivity contribution in [1.82, 2.24) is 14.5 Å². The van der Waals surface area contributed by atoms with Crippen molar-refractivity contribution in [3.63, 3.8) is 0 Å². The van der Waals surface area contributed by atoms with Crippen molar-refractivity contribution in [3.8, 4) is 5.75 Å².